The number of isothiocyanates is 1. The Morgan fingerprint density at radius 1 is 1.44 bits per heavy atom. The molecule has 0 saturated heterocycles. The van der Waals surface area contributed by atoms with Gasteiger partial charge in [0.05, 0.1) is 22.5 Å². The minimum Gasteiger partial charge on any atom is -0.250 e. The summed E-state index contributed by atoms with van der Waals surface area (Å²) in [6.07, 6.45) is 2.57. The van der Waals surface area contributed by atoms with E-state index in [1.807, 2.05) is 30.3 Å². The van der Waals surface area contributed by atoms with Gasteiger partial charge in [-0.3, -0.25) is 0 Å². The number of rotatable bonds is 5. The van der Waals surface area contributed by atoms with Crippen molar-refractivity contribution in [3.63, 3.8) is 0 Å². The van der Waals surface area contributed by atoms with Crippen molar-refractivity contribution < 1.29 is 4.21 Å². The van der Waals surface area contributed by atoms with Crippen LogP contribution in [0.25, 0.3) is 0 Å². The maximum atomic E-state index is 11.7. The first-order chi connectivity index (χ1) is 7.74. The van der Waals surface area contributed by atoms with Gasteiger partial charge in [0.15, 0.2) is 0 Å². The van der Waals surface area contributed by atoms with Crippen molar-refractivity contribution in [1.82, 2.24) is 0 Å². The molecule has 1 unspecified atom stereocenters. The third-order valence-corrected chi connectivity index (χ3v) is 3.57. The lowest BCUT2D eigenvalue weighted by Gasteiger charge is -1.96. The van der Waals surface area contributed by atoms with Gasteiger partial charge in [0, 0.05) is 14.8 Å². The van der Waals surface area contributed by atoms with Crippen LogP contribution in [0.1, 0.15) is 6.42 Å². The molecular weight excluding hydrogens is 306 g/mol. The highest BCUT2D eigenvalue weighted by molar-refractivity contribution is 9.10. The maximum Gasteiger partial charge on any atom is 0.0772 e. The average Bonchev–Trinajstić information content (AvgIpc) is 2.29. The highest BCUT2D eigenvalue weighted by Gasteiger charge is 1.98. The van der Waals surface area contributed by atoms with E-state index in [9.17, 15) is 4.21 Å². The van der Waals surface area contributed by atoms with Gasteiger partial charge in [-0.15, -0.1) is 0 Å². The zero-order chi connectivity index (χ0) is 11.8. The van der Waals surface area contributed by atoms with Gasteiger partial charge in [0.1, 0.15) is 0 Å². The molecule has 0 fully saturated rings. The fraction of sp³-hybridized carbons (Fsp3) is 0.182. The third-order valence-electron chi connectivity index (χ3n) is 1.74. The van der Waals surface area contributed by atoms with Crippen LogP contribution in [0.15, 0.2) is 50.1 Å². The molecule has 0 heterocycles. The summed E-state index contributed by atoms with van der Waals surface area (Å²) in [5, 5.41) is 3.96. The lowest BCUT2D eigenvalue weighted by molar-refractivity contribution is 0.688. The number of hydrogen-bond acceptors (Lipinski definition) is 3. The number of thiocarbonyl (C=S) groups is 1. The van der Waals surface area contributed by atoms with Crippen LogP contribution in [0.5, 0.6) is 0 Å². The topological polar surface area (TPSA) is 29.4 Å². The van der Waals surface area contributed by atoms with E-state index in [2.05, 4.69) is 38.3 Å². The van der Waals surface area contributed by atoms with Gasteiger partial charge in [-0.1, -0.05) is 22.0 Å². The summed E-state index contributed by atoms with van der Waals surface area (Å²) in [5.74, 6) is 0. The van der Waals surface area contributed by atoms with Crippen LogP contribution in [0.4, 0.5) is 0 Å². The van der Waals surface area contributed by atoms with Gasteiger partial charge < -0.3 is 0 Å². The predicted octanol–water partition coefficient (Wildman–Crippen LogP) is 3.56. The number of nitrogens with zero attached hydrogens (tertiary/aromatic N) is 1. The molecule has 1 aromatic carbocycles. The molecule has 0 aliphatic heterocycles. The molecule has 1 atom stereocenters. The SMILES string of the molecule is O=S(/C=C/CCN=C=S)c1ccc(Br)cc1. The van der Waals surface area contributed by atoms with Crippen LogP contribution < -0.4 is 0 Å². The molecule has 0 aliphatic rings. The Kier molecular flexibility index (Phi) is 6.42. The van der Waals surface area contributed by atoms with E-state index in [0.717, 1.165) is 15.8 Å². The maximum absolute atomic E-state index is 11.7. The number of benzene rings is 1. The van der Waals surface area contributed by atoms with Crippen LogP contribution in [0.3, 0.4) is 0 Å². The summed E-state index contributed by atoms with van der Waals surface area (Å²) < 4.78 is 12.7. The molecule has 0 spiro atoms. The molecular formula is C11H10BrNOS2. The standard InChI is InChI=1S/C11H10BrNOS2/c12-10-3-5-11(6-4-10)16(14)8-2-1-7-13-9-15/h2-6,8H,1,7H2/b8-2+. The van der Waals surface area contributed by atoms with Crippen LogP contribution in [-0.2, 0) is 10.8 Å². The molecule has 0 amide bonds. The van der Waals surface area contributed by atoms with Gasteiger partial charge in [-0.25, -0.2) is 9.20 Å². The molecule has 2 nitrogen and oxygen atoms in total. The Labute approximate surface area is 111 Å². The highest BCUT2D eigenvalue weighted by Crippen LogP contribution is 2.14. The monoisotopic (exact) mass is 315 g/mol. The van der Waals surface area contributed by atoms with Gasteiger partial charge in [-0.05, 0) is 42.9 Å². The Bertz CT molecular complexity index is 436. The van der Waals surface area contributed by atoms with Crippen molar-refractivity contribution in [3.05, 3.63) is 40.2 Å². The van der Waals surface area contributed by atoms with Gasteiger partial charge >= 0.3 is 0 Å². The van der Waals surface area contributed by atoms with Crippen molar-refractivity contribution >= 4 is 44.1 Å². The summed E-state index contributed by atoms with van der Waals surface area (Å²) in [6.45, 7) is 0.595. The number of aliphatic imine (C=N–C) groups is 1. The molecule has 0 aromatic heterocycles. The highest BCUT2D eigenvalue weighted by atomic mass is 79.9. The van der Waals surface area contributed by atoms with E-state index >= 15 is 0 Å². The van der Waals surface area contributed by atoms with Crippen LogP contribution in [-0.4, -0.2) is 15.9 Å². The van der Waals surface area contributed by atoms with Crippen molar-refractivity contribution in [2.75, 3.05) is 6.54 Å². The van der Waals surface area contributed by atoms with E-state index in [1.54, 1.807) is 5.41 Å². The second-order valence-corrected chi connectivity index (χ2v) is 5.32. The van der Waals surface area contributed by atoms with E-state index in [0.29, 0.717) is 6.54 Å². The van der Waals surface area contributed by atoms with Crippen LogP contribution in [0.2, 0.25) is 0 Å². The van der Waals surface area contributed by atoms with Gasteiger partial charge in [0.2, 0.25) is 0 Å². The second kappa shape index (κ2) is 7.63. The molecule has 0 bridgehead atoms. The first kappa shape index (κ1) is 13.5. The molecule has 0 N–H and O–H groups in total. The molecule has 1 aromatic rings. The lowest BCUT2D eigenvalue weighted by atomic mass is 10.4. The zero-order valence-electron chi connectivity index (χ0n) is 8.43. The number of halogens is 1. The summed E-state index contributed by atoms with van der Waals surface area (Å²) >= 11 is 7.77. The van der Waals surface area contributed by atoms with Crippen molar-refractivity contribution in [3.8, 4) is 0 Å². The molecule has 0 aliphatic carbocycles. The van der Waals surface area contributed by atoms with E-state index in [4.69, 9.17) is 0 Å². The van der Waals surface area contributed by atoms with Crippen LogP contribution in [0, 0.1) is 0 Å². The Hall–Kier alpha value is -0.610. The second-order valence-electron chi connectivity index (χ2n) is 2.88. The predicted molar refractivity (Wildman–Crippen MR) is 74.2 cm³/mol. The zero-order valence-corrected chi connectivity index (χ0v) is 11.6. The van der Waals surface area contributed by atoms with Crippen molar-refractivity contribution in [1.29, 1.82) is 0 Å². The molecule has 16 heavy (non-hydrogen) atoms. The third kappa shape index (κ3) is 4.94. The van der Waals surface area contributed by atoms with Crippen LogP contribution >= 0.6 is 28.1 Å². The minimum atomic E-state index is -1.09. The summed E-state index contributed by atoms with van der Waals surface area (Å²) in [6, 6.07) is 7.41. The largest absolute Gasteiger partial charge is 0.250 e. The minimum absolute atomic E-state index is 0.595. The molecule has 0 radical (unpaired) electrons. The van der Waals surface area contributed by atoms with Gasteiger partial charge in [-0.2, -0.15) is 0 Å². The first-order valence-corrected chi connectivity index (χ1v) is 7.02. The quantitative estimate of drug-likeness (QED) is 0.472. The summed E-state index contributed by atoms with van der Waals surface area (Å²) in [4.78, 5) is 4.55. The smallest absolute Gasteiger partial charge is 0.0772 e. The van der Waals surface area contributed by atoms with Crippen molar-refractivity contribution in [2.45, 2.75) is 11.3 Å². The van der Waals surface area contributed by atoms with E-state index in [-0.39, 0.29) is 0 Å². The lowest BCUT2D eigenvalue weighted by Crippen LogP contribution is -1.86. The summed E-state index contributed by atoms with van der Waals surface area (Å²) in [7, 11) is -1.09. The number of hydrogen-bond donors (Lipinski definition) is 0. The molecule has 0 saturated carbocycles. The van der Waals surface area contributed by atoms with Gasteiger partial charge in [0.25, 0.3) is 0 Å². The fourth-order valence-corrected chi connectivity index (χ4v) is 2.22. The first-order valence-electron chi connectivity index (χ1n) is 4.60. The van der Waals surface area contributed by atoms with Crippen molar-refractivity contribution in [2.24, 2.45) is 4.99 Å². The molecule has 84 valence electrons. The fourth-order valence-electron chi connectivity index (χ4n) is 0.987. The Morgan fingerprint density at radius 3 is 2.75 bits per heavy atom. The molecule has 1 rings (SSSR count). The Balaban J connectivity index is 2.52. The van der Waals surface area contributed by atoms with E-state index in [1.165, 1.54) is 0 Å². The summed E-state index contributed by atoms with van der Waals surface area (Å²) in [5.41, 5.74) is 0. The average molecular weight is 316 g/mol. The van der Waals surface area contributed by atoms with E-state index < -0.39 is 10.8 Å². The normalized spacial score (nSPS) is 12.3. The Morgan fingerprint density at radius 2 is 2.12 bits per heavy atom. The molecule has 5 heteroatoms.